The minimum atomic E-state index is -0.870. The van der Waals surface area contributed by atoms with E-state index in [-0.39, 0.29) is 5.69 Å². The molecule has 1 rings (SSSR count). The first kappa shape index (κ1) is 11.4. The zero-order valence-electron chi connectivity index (χ0n) is 8.25. The van der Waals surface area contributed by atoms with E-state index in [1.807, 2.05) is 0 Å². The highest BCUT2D eigenvalue weighted by Gasteiger charge is 2.16. The molecule has 6 heteroatoms. The summed E-state index contributed by atoms with van der Waals surface area (Å²) >= 11 is 0. The number of aromatic nitrogens is 1. The highest BCUT2D eigenvalue weighted by atomic mass is 19.1. The minimum Gasteiger partial charge on any atom is -0.440 e. The number of carbonyl (C=O) groups excluding carboxylic acids is 1. The molecule has 0 saturated carbocycles. The third-order valence-electron chi connectivity index (χ3n) is 1.71. The highest BCUT2D eigenvalue weighted by molar-refractivity contribution is 5.66. The molecule has 15 heavy (non-hydrogen) atoms. The van der Waals surface area contributed by atoms with Gasteiger partial charge in [0.1, 0.15) is 17.6 Å². The summed E-state index contributed by atoms with van der Waals surface area (Å²) in [4.78, 5) is 14.3. The largest absolute Gasteiger partial charge is 0.440 e. The number of rotatable bonds is 2. The van der Waals surface area contributed by atoms with Crippen molar-refractivity contribution in [2.75, 3.05) is 7.05 Å². The van der Waals surface area contributed by atoms with Crippen LogP contribution in [0.4, 0.5) is 13.6 Å². The number of hydrogen-bond donors (Lipinski definition) is 1. The Morgan fingerprint density at radius 1 is 1.60 bits per heavy atom. The van der Waals surface area contributed by atoms with Crippen LogP contribution in [0.25, 0.3) is 0 Å². The van der Waals surface area contributed by atoms with Gasteiger partial charge in [0.25, 0.3) is 0 Å². The van der Waals surface area contributed by atoms with Crippen LogP contribution in [-0.2, 0) is 4.74 Å². The van der Waals surface area contributed by atoms with Gasteiger partial charge in [-0.3, -0.25) is 4.98 Å². The van der Waals surface area contributed by atoms with Crippen LogP contribution in [0.5, 0.6) is 0 Å². The first-order valence-electron chi connectivity index (χ1n) is 4.24. The molecule has 1 aromatic rings. The van der Waals surface area contributed by atoms with Gasteiger partial charge < -0.3 is 10.1 Å². The van der Waals surface area contributed by atoms with E-state index < -0.39 is 23.8 Å². The van der Waals surface area contributed by atoms with Crippen LogP contribution in [0, 0.1) is 11.6 Å². The van der Waals surface area contributed by atoms with E-state index >= 15 is 0 Å². The molecule has 1 amide bonds. The van der Waals surface area contributed by atoms with Crippen molar-refractivity contribution in [2.45, 2.75) is 13.0 Å². The standard InChI is InChI=1S/C9H10F2N2O2/c1-5(15-9(14)12-2)8-7(11)3-6(10)4-13-8/h3-5H,1-2H3,(H,12,14). The normalized spacial score (nSPS) is 12.0. The van der Waals surface area contributed by atoms with Crippen molar-refractivity contribution in [2.24, 2.45) is 0 Å². The summed E-state index contributed by atoms with van der Waals surface area (Å²) in [7, 11) is 1.38. The molecule has 0 aromatic carbocycles. The number of carbonyl (C=O) groups is 1. The second-order valence-electron chi connectivity index (χ2n) is 2.82. The van der Waals surface area contributed by atoms with E-state index in [2.05, 4.69) is 10.3 Å². The van der Waals surface area contributed by atoms with Crippen molar-refractivity contribution >= 4 is 6.09 Å². The van der Waals surface area contributed by atoms with Crippen LogP contribution in [0.2, 0.25) is 0 Å². The second kappa shape index (κ2) is 4.68. The number of alkyl carbamates (subject to hydrolysis) is 1. The Bertz CT molecular complexity index is 371. The maximum atomic E-state index is 13.1. The molecule has 0 fully saturated rings. The number of amides is 1. The Balaban J connectivity index is 2.82. The molecule has 0 spiro atoms. The number of halogens is 2. The predicted molar refractivity (Wildman–Crippen MR) is 48.1 cm³/mol. The van der Waals surface area contributed by atoms with Gasteiger partial charge in [-0.05, 0) is 6.92 Å². The predicted octanol–water partition coefficient (Wildman–Crippen LogP) is 1.78. The summed E-state index contributed by atoms with van der Waals surface area (Å²) in [6.07, 6.45) is -0.708. The van der Waals surface area contributed by atoms with Crippen LogP contribution in [-0.4, -0.2) is 18.1 Å². The van der Waals surface area contributed by atoms with E-state index in [1.54, 1.807) is 0 Å². The molecule has 1 unspecified atom stereocenters. The smallest absolute Gasteiger partial charge is 0.407 e. The summed E-state index contributed by atoms with van der Waals surface area (Å²) < 4.78 is 30.4. The van der Waals surface area contributed by atoms with Gasteiger partial charge in [0.05, 0.1) is 6.20 Å². The average molecular weight is 216 g/mol. The van der Waals surface area contributed by atoms with Crippen LogP contribution in [0.1, 0.15) is 18.7 Å². The topological polar surface area (TPSA) is 51.2 Å². The van der Waals surface area contributed by atoms with Gasteiger partial charge >= 0.3 is 6.09 Å². The molecule has 0 radical (unpaired) electrons. The van der Waals surface area contributed by atoms with Crippen molar-refractivity contribution in [1.82, 2.24) is 10.3 Å². The Kier molecular flexibility index (Phi) is 3.54. The molecule has 0 bridgehead atoms. The number of hydrogen-bond acceptors (Lipinski definition) is 3. The first-order valence-corrected chi connectivity index (χ1v) is 4.24. The highest BCUT2D eigenvalue weighted by Crippen LogP contribution is 2.18. The fourth-order valence-corrected chi connectivity index (χ4v) is 1.000. The van der Waals surface area contributed by atoms with Crippen molar-refractivity contribution in [3.8, 4) is 0 Å². The molecule has 0 saturated heterocycles. The Morgan fingerprint density at radius 2 is 2.27 bits per heavy atom. The molecule has 0 aliphatic heterocycles. The lowest BCUT2D eigenvalue weighted by Gasteiger charge is -2.12. The van der Waals surface area contributed by atoms with Crippen molar-refractivity contribution in [3.05, 3.63) is 29.6 Å². The van der Waals surface area contributed by atoms with Gasteiger partial charge in [-0.2, -0.15) is 0 Å². The molecule has 0 aliphatic carbocycles. The first-order chi connectivity index (χ1) is 7.04. The third kappa shape index (κ3) is 2.87. The maximum absolute atomic E-state index is 13.1. The fourth-order valence-electron chi connectivity index (χ4n) is 1.000. The summed E-state index contributed by atoms with van der Waals surface area (Å²) in [6.45, 7) is 1.44. The molecule has 4 nitrogen and oxygen atoms in total. The van der Waals surface area contributed by atoms with E-state index in [4.69, 9.17) is 4.74 Å². The molecule has 1 aromatic heterocycles. The summed E-state index contributed by atoms with van der Waals surface area (Å²) in [6, 6.07) is 0.687. The van der Waals surface area contributed by atoms with E-state index in [0.717, 1.165) is 6.20 Å². The van der Waals surface area contributed by atoms with E-state index in [1.165, 1.54) is 14.0 Å². The van der Waals surface area contributed by atoms with Gasteiger partial charge in [0.15, 0.2) is 5.82 Å². The average Bonchev–Trinajstić information content (AvgIpc) is 2.17. The zero-order valence-corrected chi connectivity index (χ0v) is 8.25. The second-order valence-corrected chi connectivity index (χ2v) is 2.82. The minimum absolute atomic E-state index is 0.111. The molecular formula is C9H10F2N2O2. The Morgan fingerprint density at radius 3 is 2.80 bits per heavy atom. The molecule has 1 heterocycles. The lowest BCUT2D eigenvalue weighted by atomic mass is 10.2. The maximum Gasteiger partial charge on any atom is 0.407 e. The molecule has 1 atom stereocenters. The lowest BCUT2D eigenvalue weighted by molar-refractivity contribution is 0.105. The lowest BCUT2D eigenvalue weighted by Crippen LogP contribution is -2.21. The number of ether oxygens (including phenoxy) is 1. The number of pyridine rings is 1. The van der Waals surface area contributed by atoms with Crippen molar-refractivity contribution in [1.29, 1.82) is 0 Å². The van der Waals surface area contributed by atoms with Gasteiger partial charge in [0.2, 0.25) is 0 Å². The third-order valence-corrected chi connectivity index (χ3v) is 1.71. The molecule has 82 valence electrons. The fraction of sp³-hybridized carbons (Fsp3) is 0.333. The molecular weight excluding hydrogens is 206 g/mol. The van der Waals surface area contributed by atoms with Gasteiger partial charge in [-0.1, -0.05) is 0 Å². The van der Waals surface area contributed by atoms with Crippen molar-refractivity contribution in [3.63, 3.8) is 0 Å². The Hall–Kier alpha value is -1.72. The monoisotopic (exact) mass is 216 g/mol. The van der Waals surface area contributed by atoms with Gasteiger partial charge in [-0.25, -0.2) is 13.6 Å². The van der Waals surface area contributed by atoms with Gasteiger partial charge in [-0.15, -0.1) is 0 Å². The quantitative estimate of drug-likeness (QED) is 0.819. The van der Waals surface area contributed by atoms with Crippen molar-refractivity contribution < 1.29 is 18.3 Å². The summed E-state index contributed by atoms with van der Waals surface area (Å²) in [5, 5.41) is 2.21. The molecule has 0 aliphatic rings. The number of nitrogens with zero attached hydrogens (tertiary/aromatic N) is 1. The van der Waals surface area contributed by atoms with E-state index in [0.29, 0.717) is 6.07 Å². The number of nitrogens with one attached hydrogen (secondary N) is 1. The zero-order chi connectivity index (χ0) is 11.4. The van der Waals surface area contributed by atoms with E-state index in [9.17, 15) is 13.6 Å². The van der Waals surface area contributed by atoms with Crippen LogP contribution < -0.4 is 5.32 Å². The molecule has 1 N–H and O–H groups in total. The van der Waals surface area contributed by atoms with Gasteiger partial charge in [0, 0.05) is 13.1 Å². The summed E-state index contributed by atoms with van der Waals surface area (Å²) in [5.41, 5.74) is -0.111. The van der Waals surface area contributed by atoms with Crippen LogP contribution >= 0.6 is 0 Å². The van der Waals surface area contributed by atoms with Crippen LogP contribution in [0.3, 0.4) is 0 Å². The van der Waals surface area contributed by atoms with Crippen LogP contribution in [0.15, 0.2) is 12.3 Å². The SMILES string of the molecule is CNC(=O)OC(C)c1ncc(F)cc1F. The summed E-state index contributed by atoms with van der Waals surface area (Å²) in [5.74, 6) is -1.62. The Labute approximate surface area is 85.3 Å².